The molecule has 0 unspecified atom stereocenters. The second kappa shape index (κ2) is 7.95. The smallest absolute Gasteiger partial charge is 0.306 e. The molecule has 0 aromatic rings. The highest BCUT2D eigenvalue weighted by Gasteiger charge is 2.47. The fourth-order valence-corrected chi connectivity index (χ4v) is 3.90. The molecule has 118 valence electrons. The van der Waals surface area contributed by atoms with Gasteiger partial charge in [-0.25, -0.2) is 8.42 Å². The molecule has 0 radical (unpaired) electrons. The van der Waals surface area contributed by atoms with Crippen LogP contribution < -0.4 is 0 Å². The van der Waals surface area contributed by atoms with E-state index in [0.29, 0.717) is 13.2 Å². The zero-order valence-corrected chi connectivity index (χ0v) is 13.0. The van der Waals surface area contributed by atoms with Crippen LogP contribution in [0.1, 0.15) is 25.7 Å². The molecule has 1 aliphatic carbocycles. The second-order valence-corrected chi connectivity index (χ2v) is 7.49. The highest BCUT2D eigenvalue weighted by Crippen LogP contribution is 2.50. The third-order valence-electron chi connectivity index (χ3n) is 3.41. The number of rotatable bonds is 11. The van der Waals surface area contributed by atoms with Crippen LogP contribution >= 0.6 is 0 Å². The Kier molecular flexibility index (Phi) is 6.91. The summed E-state index contributed by atoms with van der Waals surface area (Å²) in [6, 6.07) is 0. The molecular formula is C13H24O6S. The number of hydrogen-bond acceptors (Lipinski definition) is 6. The van der Waals surface area contributed by atoms with E-state index in [9.17, 15) is 13.2 Å². The van der Waals surface area contributed by atoms with E-state index in [4.69, 9.17) is 9.47 Å². The lowest BCUT2D eigenvalue weighted by atomic mass is 10.1. The first-order chi connectivity index (χ1) is 9.43. The highest BCUT2D eigenvalue weighted by atomic mass is 32.2. The molecule has 0 bridgehead atoms. The monoisotopic (exact) mass is 308 g/mol. The summed E-state index contributed by atoms with van der Waals surface area (Å²) in [5.74, 6) is -0.284. The van der Waals surface area contributed by atoms with E-state index in [-0.39, 0.29) is 35.9 Å². The van der Waals surface area contributed by atoms with Gasteiger partial charge in [-0.3, -0.25) is 4.79 Å². The van der Waals surface area contributed by atoms with Crippen molar-refractivity contribution in [2.45, 2.75) is 25.7 Å². The first kappa shape index (κ1) is 17.4. The third kappa shape index (κ3) is 6.67. The van der Waals surface area contributed by atoms with E-state index < -0.39 is 9.84 Å². The summed E-state index contributed by atoms with van der Waals surface area (Å²) in [5, 5.41) is 0. The minimum Gasteiger partial charge on any atom is -0.469 e. The van der Waals surface area contributed by atoms with Gasteiger partial charge in [-0.1, -0.05) is 0 Å². The lowest BCUT2D eigenvalue weighted by Gasteiger charge is -2.14. The number of hydrogen-bond donors (Lipinski definition) is 0. The molecular weight excluding hydrogens is 284 g/mol. The van der Waals surface area contributed by atoms with Crippen molar-refractivity contribution in [2.24, 2.45) is 5.41 Å². The molecule has 1 fully saturated rings. The molecule has 6 nitrogen and oxygen atoms in total. The van der Waals surface area contributed by atoms with Crippen molar-refractivity contribution in [2.75, 3.05) is 45.5 Å². The van der Waals surface area contributed by atoms with Crippen molar-refractivity contribution >= 4 is 15.8 Å². The zero-order chi connectivity index (χ0) is 15.1. The van der Waals surface area contributed by atoms with E-state index in [1.54, 1.807) is 7.11 Å². The normalized spacial score (nSPS) is 16.9. The molecule has 0 aliphatic heterocycles. The van der Waals surface area contributed by atoms with Gasteiger partial charge >= 0.3 is 5.97 Å². The van der Waals surface area contributed by atoms with Crippen molar-refractivity contribution in [1.29, 1.82) is 0 Å². The molecule has 0 aromatic carbocycles. The maximum atomic E-state index is 12.0. The van der Waals surface area contributed by atoms with E-state index in [1.807, 2.05) is 0 Å². The third-order valence-corrected chi connectivity index (χ3v) is 5.25. The average Bonchev–Trinajstić information content (AvgIpc) is 3.11. The lowest BCUT2D eigenvalue weighted by Crippen LogP contribution is -2.25. The number of carbonyl (C=O) groups excluding carboxylic acids is 1. The molecule has 0 spiro atoms. The van der Waals surface area contributed by atoms with Gasteiger partial charge in [0, 0.05) is 20.3 Å². The Morgan fingerprint density at radius 2 is 1.85 bits per heavy atom. The van der Waals surface area contributed by atoms with Gasteiger partial charge in [0.25, 0.3) is 0 Å². The summed E-state index contributed by atoms with van der Waals surface area (Å²) in [5.41, 5.74) is -0.387. The molecule has 20 heavy (non-hydrogen) atoms. The largest absolute Gasteiger partial charge is 0.469 e. The van der Waals surface area contributed by atoms with Crippen molar-refractivity contribution in [3.8, 4) is 0 Å². The Morgan fingerprint density at radius 1 is 1.15 bits per heavy atom. The number of esters is 1. The predicted octanol–water partition coefficient (Wildman–Crippen LogP) is 0.798. The van der Waals surface area contributed by atoms with Crippen LogP contribution in [0.5, 0.6) is 0 Å². The quantitative estimate of drug-likeness (QED) is 0.415. The molecule has 1 aliphatic rings. The maximum absolute atomic E-state index is 12.0. The van der Waals surface area contributed by atoms with E-state index in [0.717, 1.165) is 19.3 Å². The van der Waals surface area contributed by atoms with Crippen LogP contribution in [-0.4, -0.2) is 59.9 Å². The van der Waals surface area contributed by atoms with Crippen molar-refractivity contribution < 1.29 is 27.4 Å². The zero-order valence-electron chi connectivity index (χ0n) is 12.2. The SMILES string of the molecule is COCCCOCCS(=O)(=O)CC1(CC(=O)OC)CC1. The second-order valence-electron chi connectivity index (χ2n) is 5.30. The summed E-state index contributed by atoms with van der Waals surface area (Å²) in [6.07, 6.45) is 2.49. The van der Waals surface area contributed by atoms with Gasteiger partial charge in [0.05, 0.1) is 31.6 Å². The molecule has 0 atom stereocenters. The lowest BCUT2D eigenvalue weighted by molar-refractivity contribution is -0.141. The minimum atomic E-state index is -3.19. The molecule has 0 aromatic heterocycles. The Balaban J connectivity index is 2.26. The fourth-order valence-electron chi connectivity index (χ4n) is 2.06. The van der Waals surface area contributed by atoms with Gasteiger partial charge in [0.1, 0.15) is 0 Å². The van der Waals surface area contributed by atoms with Crippen molar-refractivity contribution in [3.05, 3.63) is 0 Å². The van der Waals surface area contributed by atoms with E-state index in [1.165, 1.54) is 7.11 Å². The van der Waals surface area contributed by atoms with Gasteiger partial charge in [-0.2, -0.15) is 0 Å². The molecule has 1 rings (SSSR count). The first-order valence-electron chi connectivity index (χ1n) is 6.77. The van der Waals surface area contributed by atoms with Gasteiger partial charge in [0.2, 0.25) is 0 Å². The van der Waals surface area contributed by atoms with Gasteiger partial charge in [-0.05, 0) is 24.7 Å². The molecule has 0 amide bonds. The van der Waals surface area contributed by atoms with Crippen molar-refractivity contribution in [1.82, 2.24) is 0 Å². The van der Waals surface area contributed by atoms with Crippen LogP contribution in [0.25, 0.3) is 0 Å². The summed E-state index contributed by atoms with van der Waals surface area (Å²) in [4.78, 5) is 11.3. The van der Waals surface area contributed by atoms with Gasteiger partial charge in [0.15, 0.2) is 9.84 Å². The van der Waals surface area contributed by atoms with Crippen LogP contribution in [0.2, 0.25) is 0 Å². The molecule has 0 heterocycles. The Hall–Kier alpha value is -0.660. The molecule has 7 heteroatoms. The fraction of sp³-hybridized carbons (Fsp3) is 0.923. The minimum absolute atomic E-state index is 0.00288. The topological polar surface area (TPSA) is 78.9 Å². The van der Waals surface area contributed by atoms with Crippen LogP contribution in [0.3, 0.4) is 0 Å². The highest BCUT2D eigenvalue weighted by molar-refractivity contribution is 7.91. The number of carbonyl (C=O) groups is 1. The summed E-state index contributed by atoms with van der Waals surface area (Å²) >= 11 is 0. The van der Waals surface area contributed by atoms with E-state index >= 15 is 0 Å². The molecule has 0 saturated heterocycles. The Labute approximate surface area is 120 Å². The number of ether oxygens (including phenoxy) is 3. The van der Waals surface area contributed by atoms with Crippen LogP contribution in [0.4, 0.5) is 0 Å². The summed E-state index contributed by atoms with van der Waals surface area (Å²) in [7, 11) is -0.255. The van der Waals surface area contributed by atoms with Crippen molar-refractivity contribution in [3.63, 3.8) is 0 Å². The van der Waals surface area contributed by atoms with Crippen LogP contribution in [0.15, 0.2) is 0 Å². The van der Waals surface area contributed by atoms with Crippen LogP contribution in [0, 0.1) is 5.41 Å². The molecule has 0 N–H and O–H groups in total. The first-order valence-corrected chi connectivity index (χ1v) is 8.59. The number of methoxy groups -OCH3 is 2. The standard InChI is InChI=1S/C13H24O6S/c1-17-6-3-7-19-8-9-20(15,16)11-13(4-5-13)10-12(14)18-2/h3-11H2,1-2H3. The van der Waals surface area contributed by atoms with E-state index in [2.05, 4.69) is 4.74 Å². The number of sulfone groups is 1. The average molecular weight is 308 g/mol. The maximum Gasteiger partial charge on any atom is 0.306 e. The summed E-state index contributed by atoms with van der Waals surface area (Å²) in [6.45, 7) is 1.30. The van der Waals surface area contributed by atoms with Crippen LogP contribution in [-0.2, 0) is 28.8 Å². The van der Waals surface area contributed by atoms with Gasteiger partial charge in [-0.15, -0.1) is 0 Å². The Bertz CT molecular complexity index is 399. The summed E-state index contributed by atoms with van der Waals surface area (Å²) < 4.78 is 38.7. The molecule has 1 saturated carbocycles. The Morgan fingerprint density at radius 3 is 2.40 bits per heavy atom. The predicted molar refractivity (Wildman–Crippen MR) is 74.3 cm³/mol. The van der Waals surface area contributed by atoms with Gasteiger partial charge < -0.3 is 14.2 Å².